The minimum absolute atomic E-state index is 0.0330. The third-order valence-corrected chi connectivity index (χ3v) is 14.4. The van der Waals surface area contributed by atoms with Crippen LogP contribution in [0, 0.1) is 0 Å². The van der Waals surface area contributed by atoms with Gasteiger partial charge in [0.2, 0.25) is 17.2 Å². The van der Waals surface area contributed by atoms with Gasteiger partial charge in [0.05, 0.1) is 18.2 Å². The van der Waals surface area contributed by atoms with Crippen LogP contribution in [0.1, 0.15) is 83.1 Å². The smallest absolute Gasteiger partial charge is 0.452 e. The molecule has 10 N–H and O–H groups in total. The van der Waals surface area contributed by atoms with Gasteiger partial charge in [-0.05, 0) is 64.2 Å². The molecule has 1 amide bonds. The van der Waals surface area contributed by atoms with E-state index in [2.05, 4.69) is 52.6 Å². The lowest BCUT2D eigenvalue weighted by Gasteiger charge is -2.44. The molecule has 1 saturated heterocycles. The van der Waals surface area contributed by atoms with E-state index in [0.29, 0.717) is 78.3 Å². The fourth-order valence-electron chi connectivity index (χ4n) is 9.56. The van der Waals surface area contributed by atoms with Crippen LogP contribution < -0.4 is 41.3 Å². The van der Waals surface area contributed by atoms with E-state index in [0.717, 1.165) is 50.5 Å². The number of aliphatic hydroxyl groups excluding tert-OH is 1. The highest BCUT2D eigenvalue weighted by molar-refractivity contribution is 7.86. The maximum Gasteiger partial charge on any atom is 0.470 e. The van der Waals surface area contributed by atoms with Gasteiger partial charge in [-0.2, -0.15) is 8.42 Å². The molecule has 0 saturated carbocycles. The van der Waals surface area contributed by atoms with Crippen LogP contribution in [0.5, 0.6) is 11.5 Å². The largest absolute Gasteiger partial charge is 0.470 e. The number of aryl methyl sites for hydroxylation is 1. The highest BCUT2D eigenvalue weighted by Gasteiger charge is 2.50. The Bertz CT molecular complexity index is 3070. The first-order valence-electron chi connectivity index (χ1n) is 23.2. The Kier molecular flexibility index (Phi) is 15.4. The number of carbonyl (C=O) groups excluding carboxylic acids is 1. The van der Waals surface area contributed by atoms with Crippen LogP contribution >= 0.6 is 15.6 Å². The molecule has 0 radical (unpaired) electrons. The van der Waals surface area contributed by atoms with Crippen molar-refractivity contribution in [3.05, 3.63) is 58.5 Å². The molecule has 4 aliphatic heterocycles. The van der Waals surface area contributed by atoms with Crippen LogP contribution in [-0.2, 0) is 44.2 Å². The third-order valence-electron chi connectivity index (χ3n) is 12.7. The van der Waals surface area contributed by atoms with E-state index < -0.39 is 68.2 Å². The fourth-order valence-corrected chi connectivity index (χ4v) is 11.1. The normalized spacial score (nSPS) is 20.6. The Morgan fingerprint density at radius 1 is 1.03 bits per heavy atom. The number of carbonyl (C=O) groups is 1. The Morgan fingerprint density at radius 3 is 2.51 bits per heavy atom. The molecule has 386 valence electrons. The van der Waals surface area contributed by atoms with E-state index in [1.54, 1.807) is 0 Å². The van der Waals surface area contributed by atoms with Crippen molar-refractivity contribution < 1.29 is 70.1 Å². The van der Waals surface area contributed by atoms with Crippen molar-refractivity contribution in [3.8, 4) is 11.5 Å². The van der Waals surface area contributed by atoms with Crippen LogP contribution in [0.4, 0.5) is 23.1 Å². The van der Waals surface area contributed by atoms with E-state index in [9.17, 15) is 51.6 Å². The summed E-state index contributed by atoms with van der Waals surface area (Å²) in [4.78, 5) is 70.5. The zero-order chi connectivity index (χ0) is 51.0. The van der Waals surface area contributed by atoms with E-state index in [1.807, 2.05) is 38.1 Å². The van der Waals surface area contributed by atoms with E-state index >= 15 is 0 Å². The lowest BCUT2D eigenvalue weighted by atomic mass is 9.88. The predicted molar refractivity (Wildman–Crippen MR) is 258 cm³/mol. The molecule has 71 heavy (non-hydrogen) atoms. The molecule has 0 aliphatic carbocycles. The molecule has 25 nitrogen and oxygen atoms in total. The molecular formula is C43H59N10O15P2S+. The molecule has 2 aromatic carbocycles. The van der Waals surface area contributed by atoms with Gasteiger partial charge in [0.15, 0.2) is 34.7 Å². The molecule has 0 spiro atoms. The summed E-state index contributed by atoms with van der Waals surface area (Å²) < 4.78 is 83.1. The number of nitrogens with one attached hydrogen (secondary N) is 2. The second-order valence-electron chi connectivity index (χ2n) is 18.3. The summed E-state index contributed by atoms with van der Waals surface area (Å²) in [6.45, 7) is 8.21. The second-order valence-corrected chi connectivity index (χ2v) is 22.2. The standard InChI is InChI=1S/C43H58N10O15P2S/c1-4-51-15-9-11-25-17-28-32(19-30(25)51)66-33-20-31-27(18-29(33)49-28)26(23-71(62,63)64)21-43(2,3)52(31)16-10-12-35(54)45-13-7-5-6-8-14-46-42-50-36-39(44)47-24-48-40(36)53(42)41-38(68-70(59,60)61)37(55)34(67-41)22-65-69(56,57)58/h17-21,24,34,37-38,41,44,49,55H,4-16,22-23H2,1-3H3,(H6,45,54,56,57,58,59,60,61,62,63,64)/p+1/t34-,37-,38-,41-/m1/s1. The van der Waals surface area contributed by atoms with Crippen molar-refractivity contribution in [1.82, 2.24) is 29.4 Å². The van der Waals surface area contributed by atoms with E-state index in [1.165, 1.54) is 10.1 Å². The van der Waals surface area contributed by atoms with Crippen LogP contribution in [0.3, 0.4) is 0 Å². The van der Waals surface area contributed by atoms with Gasteiger partial charge in [-0.15, -0.1) is 0 Å². The quantitative estimate of drug-likeness (QED) is 0.0220. The molecule has 0 unspecified atom stereocenters. The van der Waals surface area contributed by atoms with Crippen molar-refractivity contribution in [2.75, 3.05) is 61.0 Å². The minimum Gasteiger partial charge on any atom is -0.452 e. The van der Waals surface area contributed by atoms with Crippen LogP contribution in [0.15, 0.2) is 41.7 Å². The monoisotopic (exact) mass is 1050 g/mol. The first kappa shape index (κ1) is 52.4. The molecule has 0 bridgehead atoms. The van der Waals surface area contributed by atoms with Gasteiger partial charge in [-0.25, -0.2) is 33.6 Å². The van der Waals surface area contributed by atoms with Crippen LogP contribution in [0.25, 0.3) is 16.7 Å². The maximum atomic E-state index is 13.1. The van der Waals surface area contributed by atoms with Gasteiger partial charge in [0, 0.05) is 55.4 Å². The van der Waals surface area contributed by atoms with Crippen LogP contribution in [0.2, 0.25) is 0 Å². The number of nitrogen functional groups attached to an aromatic ring is 1. The lowest BCUT2D eigenvalue weighted by Crippen LogP contribution is -2.46. The summed E-state index contributed by atoms with van der Waals surface area (Å²) in [7, 11) is -14.7. The molecule has 4 aliphatic rings. The molecule has 2 aromatic heterocycles. The predicted octanol–water partition coefficient (Wildman–Crippen LogP) is 2.21. The van der Waals surface area contributed by atoms with E-state index in [4.69, 9.17) is 24.7 Å². The molecule has 1 fully saturated rings. The number of aromatic nitrogens is 4. The lowest BCUT2D eigenvalue weighted by molar-refractivity contribution is -0.121. The number of aliphatic hydroxyl groups is 1. The van der Waals surface area contributed by atoms with Crippen molar-refractivity contribution in [1.29, 1.82) is 0 Å². The zero-order valence-corrected chi connectivity index (χ0v) is 41.9. The number of phosphoric acid groups is 2. The Labute approximate surface area is 408 Å². The molecule has 4 aromatic rings. The molecule has 28 heteroatoms. The highest BCUT2D eigenvalue weighted by Crippen LogP contribution is 2.49. The Hall–Kier alpha value is -4.95. The van der Waals surface area contributed by atoms with Gasteiger partial charge in [-0.3, -0.25) is 23.0 Å². The summed E-state index contributed by atoms with van der Waals surface area (Å²) >= 11 is 0. The number of hydrogen-bond acceptors (Lipinski definition) is 17. The average Bonchev–Trinajstić information content (AvgIpc) is 3.80. The van der Waals surface area contributed by atoms with Crippen molar-refractivity contribution in [3.63, 3.8) is 0 Å². The number of nitrogens with two attached hydrogens (primary N) is 1. The third kappa shape index (κ3) is 12.3. The molecule has 6 heterocycles. The Morgan fingerprint density at radius 2 is 1.79 bits per heavy atom. The number of unbranched alkanes of at least 4 members (excludes halogenated alkanes) is 3. The van der Waals surface area contributed by atoms with Crippen molar-refractivity contribution >= 4 is 71.5 Å². The van der Waals surface area contributed by atoms with Crippen molar-refractivity contribution in [2.24, 2.45) is 4.99 Å². The first-order valence-corrected chi connectivity index (χ1v) is 27.9. The fraction of sp³-hybridized carbons (Fsp3) is 0.535. The number of benzene rings is 2. The summed E-state index contributed by atoms with van der Waals surface area (Å²) in [5, 5.41) is 18.9. The zero-order valence-electron chi connectivity index (χ0n) is 39.2. The maximum absolute atomic E-state index is 13.1. The highest BCUT2D eigenvalue weighted by atomic mass is 32.2. The summed E-state index contributed by atoms with van der Waals surface area (Å²) in [6, 6.07) is 7.78. The van der Waals surface area contributed by atoms with Gasteiger partial charge in [-0.1, -0.05) is 18.9 Å². The molecular weight excluding hydrogens is 991 g/mol. The number of amides is 1. The SMILES string of the molecule is CC[N+]1=c2cc3c(cc2CCC1)=Nc1cc2c(cc1O3)N(CCCC(=O)NCCCCCCNc1nc3c(N)ncnc3n1[C@@H]1O[C@H](COP(=O)(O)O)[C@@H](O)[C@H]1OP(=O)(O)O)C(C)(C)C=C2CS(=O)(=O)O. The number of hydrogen-bond donors (Lipinski definition) is 9. The Balaban J connectivity index is 0.854. The number of imidazole rings is 1. The topological polar surface area (TPSA) is 356 Å². The minimum atomic E-state index is -5.26. The number of anilines is 3. The molecule has 4 atom stereocenters. The number of ether oxygens (including phenoxy) is 2. The van der Waals surface area contributed by atoms with Gasteiger partial charge < -0.3 is 55.4 Å². The summed E-state index contributed by atoms with van der Waals surface area (Å²) in [5.41, 5.74) is 9.00. The number of nitrogens with zero attached hydrogens (tertiary/aromatic N) is 7. The summed E-state index contributed by atoms with van der Waals surface area (Å²) in [5.74, 6) is 0.481. The molecule has 8 rings (SSSR count). The van der Waals surface area contributed by atoms with E-state index in [-0.39, 0.29) is 35.3 Å². The summed E-state index contributed by atoms with van der Waals surface area (Å²) in [6.07, 6.45) is 1.75. The van der Waals surface area contributed by atoms with Gasteiger partial charge >= 0.3 is 15.6 Å². The van der Waals surface area contributed by atoms with Crippen molar-refractivity contribution in [2.45, 2.75) is 102 Å². The number of rotatable bonds is 21. The first-order chi connectivity index (χ1) is 33.5. The van der Waals surface area contributed by atoms with Gasteiger partial charge in [0.1, 0.15) is 54.5 Å². The van der Waals surface area contributed by atoms with Gasteiger partial charge in [0.25, 0.3) is 10.1 Å². The average molecular weight is 1050 g/mol. The number of fused-ring (bicyclic) bond motifs is 5. The van der Waals surface area contributed by atoms with Crippen LogP contribution in [-0.4, -0.2) is 132 Å². The number of phosphoric ester groups is 2. The second kappa shape index (κ2) is 20.9.